The second-order valence-electron chi connectivity index (χ2n) is 4.64. The molecule has 1 aromatic carbocycles. The number of hydrogen-bond donors (Lipinski definition) is 1. The van der Waals surface area contributed by atoms with Crippen LogP contribution < -0.4 is 10.6 Å². The molecule has 1 saturated heterocycles. The van der Waals surface area contributed by atoms with Gasteiger partial charge >= 0.3 is 0 Å². The van der Waals surface area contributed by atoms with Crippen LogP contribution in [0.2, 0.25) is 5.02 Å². The molecule has 1 heterocycles. The Morgan fingerprint density at radius 1 is 1.50 bits per heavy atom. The molecule has 0 radical (unpaired) electrons. The molecule has 1 aliphatic rings. The average Bonchev–Trinajstić information content (AvgIpc) is 2.39. The molecular weight excluding hydrogens is 248 g/mol. The van der Waals surface area contributed by atoms with Crippen LogP contribution in [0.3, 0.4) is 0 Å². The zero-order valence-corrected chi connectivity index (χ0v) is 11.6. The lowest BCUT2D eigenvalue weighted by Gasteiger charge is -2.38. The normalized spacial score (nSPS) is 20.2. The first-order chi connectivity index (χ1) is 8.76. The van der Waals surface area contributed by atoms with E-state index in [1.807, 2.05) is 12.1 Å². The first-order valence-corrected chi connectivity index (χ1v) is 6.97. The highest BCUT2D eigenvalue weighted by molar-refractivity contribution is 6.30. The molecule has 100 valence electrons. The van der Waals surface area contributed by atoms with Crippen molar-refractivity contribution in [2.24, 2.45) is 5.73 Å². The average molecular weight is 269 g/mol. The van der Waals surface area contributed by atoms with Gasteiger partial charge in [-0.25, -0.2) is 0 Å². The van der Waals surface area contributed by atoms with Gasteiger partial charge in [-0.15, -0.1) is 0 Å². The van der Waals surface area contributed by atoms with Crippen LogP contribution >= 0.6 is 11.6 Å². The highest BCUT2D eigenvalue weighted by Gasteiger charge is 2.23. The lowest BCUT2D eigenvalue weighted by molar-refractivity contribution is 0.0929. The lowest BCUT2D eigenvalue weighted by Crippen LogP contribution is -2.45. The van der Waals surface area contributed by atoms with Gasteiger partial charge in [-0.3, -0.25) is 0 Å². The van der Waals surface area contributed by atoms with Gasteiger partial charge in [0.2, 0.25) is 0 Å². The molecule has 1 aliphatic heterocycles. The van der Waals surface area contributed by atoms with Crippen molar-refractivity contribution in [2.75, 3.05) is 31.2 Å². The van der Waals surface area contributed by atoms with Crippen molar-refractivity contribution in [1.29, 1.82) is 0 Å². The number of morpholine rings is 1. The van der Waals surface area contributed by atoms with Crippen LogP contribution in [0, 0.1) is 0 Å². The van der Waals surface area contributed by atoms with Crippen LogP contribution in [0.25, 0.3) is 0 Å². The van der Waals surface area contributed by atoms with E-state index in [0.717, 1.165) is 37.6 Å². The van der Waals surface area contributed by atoms with Crippen LogP contribution in [0.4, 0.5) is 5.69 Å². The van der Waals surface area contributed by atoms with E-state index in [1.54, 1.807) is 0 Å². The van der Waals surface area contributed by atoms with E-state index in [4.69, 9.17) is 22.1 Å². The van der Waals surface area contributed by atoms with Crippen LogP contribution in [-0.2, 0) is 11.2 Å². The van der Waals surface area contributed by atoms with E-state index < -0.39 is 0 Å². The molecule has 0 aromatic heterocycles. The Hall–Kier alpha value is -0.770. The number of benzene rings is 1. The summed E-state index contributed by atoms with van der Waals surface area (Å²) in [6, 6.07) is 6.56. The fourth-order valence-corrected chi connectivity index (χ4v) is 2.69. The summed E-state index contributed by atoms with van der Waals surface area (Å²) in [5, 5.41) is 0.781. The molecule has 2 N–H and O–H groups in total. The van der Waals surface area contributed by atoms with Crippen molar-refractivity contribution in [1.82, 2.24) is 0 Å². The third-order valence-electron chi connectivity index (χ3n) is 3.46. The SMILES string of the molecule is CCC1COCCN1c1ccc(Cl)cc1CCN. The van der Waals surface area contributed by atoms with Crippen molar-refractivity contribution in [2.45, 2.75) is 25.8 Å². The van der Waals surface area contributed by atoms with Crippen molar-refractivity contribution < 1.29 is 4.74 Å². The van der Waals surface area contributed by atoms with Gasteiger partial charge in [-0.1, -0.05) is 18.5 Å². The molecule has 0 bridgehead atoms. The van der Waals surface area contributed by atoms with E-state index in [2.05, 4.69) is 17.9 Å². The van der Waals surface area contributed by atoms with E-state index in [9.17, 15) is 0 Å². The summed E-state index contributed by atoms with van der Waals surface area (Å²) in [4.78, 5) is 2.44. The summed E-state index contributed by atoms with van der Waals surface area (Å²) in [6.07, 6.45) is 1.95. The zero-order chi connectivity index (χ0) is 13.0. The molecular formula is C14H21ClN2O. The molecule has 18 heavy (non-hydrogen) atoms. The summed E-state index contributed by atoms with van der Waals surface area (Å²) in [5.41, 5.74) is 8.19. The summed E-state index contributed by atoms with van der Waals surface area (Å²) >= 11 is 6.08. The van der Waals surface area contributed by atoms with Crippen molar-refractivity contribution in [3.8, 4) is 0 Å². The van der Waals surface area contributed by atoms with E-state index >= 15 is 0 Å². The van der Waals surface area contributed by atoms with Gasteiger partial charge in [-0.2, -0.15) is 0 Å². The van der Waals surface area contributed by atoms with Gasteiger partial charge in [0, 0.05) is 17.3 Å². The Bertz CT molecular complexity index is 397. The van der Waals surface area contributed by atoms with Gasteiger partial charge < -0.3 is 15.4 Å². The molecule has 1 unspecified atom stereocenters. The fourth-order valence-electron chi connectivity index (χ4n) is 2.50. The molecule has 0 spiro atoms. The summed E-state index contributed by atoms with van der Waals surface area (Å²) in [7, 11) is 0. The van der Waals surface area contributed by atoms with Gasteiger partial charge in [0.25, 0.3) is 0 Å². The molecule has 0 amide bonds. The lowest BCUT2D eigenvalue weighted by atomic mass is 10.1. The van der Waals surface area contributed by atoms with Crippen LogP contribution in [0.1, 0.15) is 18.9 Å². The number of hydrogen-bond acceptors (Lipinski definition) is 3. The highest BCUT2D eigenvalue weighted by atomic mass is 35.5. The minimum atomic E-state index is 0.455. The number of nitrogens with zero attached hydrogens (tertiary/aromatic N) is 1. The van der Waals surface area contributed by atoms with Crippen LogP contribution in [-0.4, -0.2) is 32.3 Å². The third-order valence-corrected chi connectivity index (χ3v) is 3.70. The minimum absolute atomic E-state index is 0.455. The van der Waals surface area contributed by atoms with Gasteiger partial charge in [0.1, 0.15) is 0 Å². The summed E-state index contributed by atoms with van der Waals surface area (Å²) in [6.45, 7) is 5.39. The predicted octanol–water partition coefficient (Wildman–Crippen LogP) is 2.46. The number of anilines is 1. The quantitative estimate of drug-likeness (QED) is 0.912. The standard InChI is InChI=1S/C14H21ClN2O/c1-2-13-10-18-8-7-17(13)14-4-3-12(15)9-11(14)5-6-16/h3-4,9,13H,2,5-8,10,16H2,1H3. The third kappa shape index (κ3) is 2.97. The first-order valence-electron chi connectivity index (χ1n) is 6.59. The number of nitrogens with two attached hydrogens (primary N) is 1. The Morgan fingerprint density at radius 2 is 2.33 bits per heavy atom. The molecule has 4 heteroatoms. The topological polar surface area (TPSA) is 38.5 Å². The van der Waals surface area contributed by atoms with Gasteiger partial charge in [-0.05, 0) is 43.1 Å². The smallest absolute Gasteiger partial charge is 0.0670 e. The van der Waals surface area contributed by atoms with Gasteiger partial charge in [0.15, 0.2) is 0 Å². The Kier molecular flexibility index (Phi) is 4.87. The number of ether oxygens (including phenoxy) is 1. The Labute approximate surface area is 114 Å². The summed E-state index contributed by atoms with van der Waals surface area (Å²) in [5.74, 6) is 0. The van der Waals surface area contributed by atoms with E-state index in [1.165, 1.54) is 11.3 Å². The number of rotatable bonds is 4. The predicted molar refractivity (Wildman–Crippen MR) is 76.5 cm³/mol. The molecule has 0 saturated carbocycles. The summed E-state index contributed by atoms with van der Waals surface area (Å²) < 4.78 is 5.56. The second kappa shape index (κ2) is 6.41. The Morgan fingerprint density at radius 3 is 3.06 bits per heavy atom. The molecule has 1 aromatic rings. The maximum absolute atomic E-state index is 6.08. The highest BCUT2D eigenvalue weighted by Crippen LogP contribution is 2.28. The maximum Gasteiger partial charge on any atom is 0.0670 e. The zero-order valence-electron chi connectivity index (χ0n) is 10.9. The minimum Gasteiger partial charge on any atom is -0.377 e. The maximum atomic E-state index is 6.08. The van der Waals surface area contributed by atoms with Crippen molar-refractivity contribution in [3.05, 3.63) is 28.8 Å². The first kappa shape index (κ1) is 13.7. The molecule has 2 rings (SSSR count). The number of halogens is 1. The van der Waals surface area contributed by atoms with Crippen LogP contribution in [0.5, 0.6) is 0 Å². The van der Waals surface area contributed by atoms with E-state index in [-0.39, 0.29) is 0 Å². The largest absolute Gasteiger partial charge is 0.377 e. The molecule has 1 fully saturated rings. The molecule has 1 atom stereocenters. The van der Waals surface area contributed by atoms with E-state index in [0.29, 0.717) is 12.6 Å². The fraction of sp³-hybridized carbons (Fsp3) is 0.571. The van der Waals surface area contributed by atoms with Gasteiger partial charge in [0.05, 0.1) is 19.3 Å². The monoisotopic (exact) mass is 268 g/mol. The molecule has 0 aliphatic carbocycles. The van der Waals surface area contributed by atoms with Crippen molar-refractivity contribution >= 4 is 17.3 Å². The van der Waals surface area contributed by atoms with Crippen LogP contribution in [0.15, 0.2) is 18.2 Å². The second-order valence-corrected chi connectivity index (χ2v) is 5.08. The van der Waals surface area contributed by atoms with Crippen molar-refractivity contribution in [3.63, 3.8) is 0 Å². The Balaban J connectivity index is 2.29. The molecule has 3 nitrogen and oxygen atoms in total.